The van der Waals surface area contributed by atoms with Crippen molar-refractivity contribution in [2.45, 2.75) is 26.7 Å². The molecular formula is C14H13ClNO2-. The van der Waals surface area contributed by atoms with Crippen LogP contribution in [0.5, 0.6) is 0 Å². The Bertz CT molecular complexity index is 623. The summed E-state index contributed by atoms with van der Waals surface area (Å²) in [6.45, 7) is 3.83. The number of hydrogen-bond acceptors (Lipinski definition) is 3. The first kappa shape index (κ1) is 12.8. The average molecular weight is 263 g/mol. The van der Waals surface area contributed by atoms with Crippen molar-refractivity contribution in [1.29, 1.82) is 0 Å². The second-order valence-electron chi connectivity index (χ2n) is 4.33. The van der Waals surface area contributed by atoms with E-state index in [4.69, 9.17) is 11.6 Å². The van der Waals surface area contributed by atoms with Crippen molar-refractivity contribution in [1.82, 2.24) is 4.98 Å². The van der Waals surface area contributed by atoms with Gasteiger partial charge in [-0.25, -0.2) is 0 Å². The lowest BCUT2D eigenvalue weighted by atomic mass is 10.0. The van der Waals surface area contributed by atoms with Crippen LogP contribution in [-0.2, 0) is 11.2 Å². The fraction of sp³-hybridized carbons (Fsp3) is 0.286. The molecule has 0 spiro atoms. The lowest BCUT2D eigenvalue weighted by molar-refractivity contribution is -0.305. The number of carbonyl (C=O) groups is 1. The molecule has 0 saturated carbocycles. The topological polar surface area (TPSA) is 53.0 Å². The number of fused-ring (bicyclic) bond motifs is 1. The lowest BCUT2D eigenvalue weighted by Crippen LogP contribution is -2.22. The summed E-state index contributed by atoms with van der Waals surface area (Å²) in [6, 6.07) is 5.80. The third kappa shape index (κ3) is 2.31. The van der Waals surface area contributed by atoms with Crippen molar-refractivity contribution in [2.75, 3.05) is 0 Å². The number of aliphatic carboxylic acids is 1. The molecule has 0 aliphatic carbocycles. The zero-order valence-corrected chi connectivity index (χ0v) is 11.0. The molecular weight excluding hydrogens is 250 g/mol. The number of hydrogen-bond donors (Lipinski definition) is 0. The standard InChI is InChI=1S/C14H14ClNO2/c1-8-4-3-5-11-13(15)10(6-7-12(17)18)9(2)16-14(8)11/h3-5H,6-7H2,1-2H3,(H,17,18)/p-1. The molecule has 2 aromatic rings. The maximum atomic E-state index is 10.5. The number of halogens is 1. The maximum absolute atomic E-state index is 10.5. The number of carboxylic acid groups (broad SMARTS) is 1. The van der Waals surface area contributed by atoms with E-state index in [-0.39, 0.29) is 6.42 Å². The van der Waals surface area contributed by atoms with E-state index in [1.165, 1.54) is 0 Å². The van der Waals surface area contributed by atoms with E-state index in [0.717, 1.165) is 27.7 Å². The Hall–Kier alpha value is -1.61. The van der Waals surface area contributed by atoms with Crippen LogP contribution in [0, 0.1) is 13.8 Å². The fourth-order valence-electron chi connectivity index (χ4n) is 2.06. The van der Waals surface area contributed by atoms with Crippen LogP contribution in [-0.4, -0.2) is 11.0 Å². The number of pyridine rings is 1. The number of benzene rings is 1. The highest BCUT2D eigenvalue weighted by atomic mass is 35.5. The number of carboxylic acids is 1. The van der Waals surface area contributed by atoms with Gasteiger partial charge in [-0.2, -0.15) is 0 Å². The predicted molar refractivity (Wildman–Crippen MR) is 69.6 cm³/mol. The van der Waals surface area contributed by atoms with E-state index >= 15 is 0 Å². The monoisotopic (exact) mass is 262 g/mol. The number of carbonyl (C=O) groups excluding carboxylic acids is 1. The molecule has 0 radical (unpaired) electrons. The average Bonchev–Trinajstić information content (AvgIpc) is 2.30. The largest absolute Gasteiger partial charge is 0.550 e. The van der Waals surface area contributed by atoms with E-state index in [1.807, 2.05) is 32.0 Å². The fourth-order valence-corrected chi connectivity index (χ4v) is 2.44. The van der Waals surface area contributed by atoms with Crippen LogP contribution >= 0.6 is 11.6 Å². The van der Waals surface area contributed by atoms with E-state index in [1.54, 1.807) is 0 Å². The highest BCUT2D eigenvalue weighted by Crippen LogP contribution is 2.30. The highest BCUT2D eigenvalue weighted by Gasteiger charge is 2.11. The summed E-state index contributed by atoms with van der Waals surface area (Å²) < 4.78 is 0. The molecule has 94 valence electrons. The third-order valence-corrected chi connectivity index (χ3v) is 3.47. The Morgan fingerprint density at radius 2 is 2.11 bits per heavy atom. The Labute approximate surface area is 110 Å². The van der Waals surface area contributed by atoms with Crippen molar-refractivity contribution in [3.8, 4) is 0 Å². The first-order chi connectivity index (χ1) is 8.50. The summed E-state index contributed by atoms with van der Waals surface area (Å²) in [5, 5.41) is 12.0. The Morgan fingerprint density at radius 1 is 1.39 bits per heavy atom. The van der Waals surface area contributed by atoms with Gasteiger partial charge in [-0.15, -0.1) is 0 Å². The van der Waals surface area contributed by atoms with Gasteiger partial charge in [-0.1, -0.05) is 29.8 Å². The molecule has 0 fully saturated rings. The summed E-state index contributed by atoms with van der Waals surface area (Å²) in [5.41, 5.74) is 3.50. The van der Waals surface area contributed by atoms with Crippen LogP contribution in [0.1, 0.15) is 23.2 Å². The van der Waals surface area contributed by atoms with Gasteiger partial charge >= 0.3 is 0 Å². The predicted octanol–water partition coefficient (Wildman–Crippen LogP) is 2.19. The summed E-state index contributed by atoms with van der Waals surface area (Å²) in [5.74, 6) is -1.07. The van der Waals surface area contributed by atoms with Gasteiger partial charge in [0.1, 0.15) is 0 Å². The number of aryl methyl sites for hydroxylation is 2. The second kappa shape index (κ2) is 4.94. The molecule has 0 amide bonds. The molecule has 0 unspecified atom stereocenters. The summed E-state index contributed by atoms with van der Waals surface area (Å²) in [4.78, 5) is 15.1. The summed E-state index contributed by atoms with van der Waals surface area (Å²) >= 11 is 6.35. The number of rotatable bonds is 3. The molecule has 1 aromatic carbocycles. The maximum Gasteiger partial charge on any atom is 0.0749 e. The van der Waals surface area contributed by atoms with Gasteiger partial charge in [0, 0.05) is 17.0 Å². The zero-order chi connectivity index (χ0) is 13.3. The summed E-state index contributed by atoms with van der Waals surface area (Å²) in [7, 11) is 0. The van der Waals surface area contributed by atoms with Crippen LogP contribution in [0.25, 0.3) is 10.9 Å². The van der Waals surface area contributed by atoms with Gasteiger partial charge in [0.2, 0.25) is 0 Å². The zero-order valence-electron chi connectivity index (χ0n) is 10.3. The van der Waals surface area contributed by atoms with Crippen LogP contribution in [0.4, 0.5) is 0 Å². The van der Waals surface area contributed by atoms with Crippen molar-refractivity contribution in [2.24, 2.45) is 0 Å². The van der Waals surface area contributed by atoms with E-state index in [2.05, 4.69) is 4.98 Å². The smallest absolute Gasteiger partial charge is 0.0749 e. The van der Waals surface area contributed by atoms with Crippen LogP contribution in [0.3, 0.4) is 0 Å². The number of aromatic nitrogens is 1. The van der Waals surface area contributed by atoms with Gasteiger partial charge in [-0.05, 0) is 37.8 Å². The molecule has 18 heavy (non-hydrogen) atoms. The Kier molecular flexibility index (Phi) is 3.53. The molecule has 2 rings (SSSR count). The molecule has 0 saturated heterocycles. The lowest BCUT2D eigenvalue weighted by Gasteiger charge is -2.12. The van der Waals surface area contributed by atoms with Crippen LogP contribution in [0.2, 0.25) is 5.02 Å². The minimum Gasteiger partial charge on any atom is -0.550 e. The molecule has 4 heteroatoms. The Morgan fingerprint density at radius 3 is 2.78 bits per heavy atom. The third-order valence-electron chi connectivity index (χ3n) is 3.03. The molecule has 0 aliphatic heterocycles. The highest BCUT2D eigenvalue weighted by molar-refractivity contribution is 6.36. The minimum atomic E-state index is -1.07. The SMILES string of the molecule is Cc1nc2c(C)cccc2c(Cl)c1CCC(=O)[O-]. The van der Waals surface area contributed by atoms with Gasteiger partial charge in [-0.3, -0.25) is 4.98 Å². The molecule has 0 aliphatic rings. The summed E-state index contributed by atoms with van der Waals surface area (Å²) in [6.07, 6.45) is 0.309. The van der Waals surface area contributed by atoms with Gasteiger partial charge in [0.05, 0.1) is 10.5 Å². The molecule has 0 N–H and O–H groups in total. The molecule has 0 bridgehead atoms. The van der Waals surface area contributed by atoms with E-state index in [9.17, 15) is 9.90 Å². The van der Waals surface area contributed by atoms with Crippen molar-refractivity contribution in [3.05, 3.63) is 40.0 Å². The van der Waals surface area contributed by atoms with E-state index < -0.39 is 5.97 Å². The quantitative estimate of drug-likeness (QED) is 0.852. The van der Waals surface area contributed by atoms with Crippen molar-refractivity contribution in [3.63, 3.8) is 0 Å². The number of para-hydroxylation sites is 1. The van der Waals surface area contributed by atoms with Crippen LogP contribution < -0.4 is 5.11 Å². The van der Waals surface area contributed by atoms with Crippen molar-refractivity contribution < 1.29 is 9.90 Å². The van der Waals surface area contributed by atoms with Gasteiger partial charge < -0.3 is 9.90 Å². The van der Waals surface area contributed by atoms with Gasteiger partial charge in [0.25, 0.3) is 0 Å². The molecule has 0 atom stereocenters. The molecule has 1 aromatic heterocycles. The molecule has 3 nitrogen and oxygen atoms in total. The van der Waals surface area contributed by atoms with Crippen LogP contribution in [0.15, 0.2) is 18.2 Å². The number of nitrogens with zero attached hydrogens (tertiary/aromatic N) is 1. The first-order valence-electron chi connectivity index (χ1n) is 5.75. The first-order valence-corrected chi connectivity index (χ1v) is 6.12. The second-order valence-corrected chi connectivity index (χ2v) is 4.71. The van der Waals surface area contributed by atoms with Gasteiger partial charge in [0.15, 0.2) is 0 Å². The minimum absolute atomic E-state index is 0.0421. The molecule has 1 heterocycles. The Balaban J connectivity index is 2.58. The normalized spacial score (nSPS) is 10.8. The van der Waals surface area contributed by atoms with E-state index in [0.29, 0.717) is 11.4 Å². The van der Waals surface area contributed by atoms with Crippen molar-refractivity contribution >= 4 is 28.5 Å².